The third-order valence-corrected chi connectivity index (χ3v) is 6.45. The molecule has 22 heavy (non-hydrogen) atoms. The topological polar surface area (TPSA) is 17.1 Å². The molecule has 0 N–H and O–H groups in total. The molecular formula is C17H12OS4. The first-order valence-electron chi connectivity index (χ1n) is 6.53. The predicted octanol–water partition coefficient (Wildman–Crippen LogP) is 6.52. The van der Waals surface area contributed by atoms with Crippen LogP contribution in [0.1, 0.15) is 14.5 Å². The standard InChI is InChI=1S/C9H6OS2.C8H6S2/c10-9(7-3-1-5-11-7)8-4-2-6-12-8;1-3-7(9-5-1)8-4-2-6-10-8/h1-6H;1-6H. The van der Waals surface area contributed by atoms with Gasteiger partial charge in [0.1, 0.15) is 0 Å². The highest BCUT2D eigenvalue weighted by atomic mass is 32.1. The predicted molar refractivity (Wildman–Crippen MR) is 99.7 cm³/mol. The Bertz CT molecular complexity index is 711. The lowest BCUT2D eigenvalue weighted by molar-refractivity contribution is 0.104. The van der Waals surface area contributed by atoms with Gasteiger partial charge in [-0.25, -0.2) is 0 Å². The van der Waals surface area contributed by atoms with Gasteiger partial charge in [-0.2, -0.15) is 0 Å². The minimum absolute atomic E-state index is 0.139. The molecule has 0 bridgehead atoms. The number of carbonyl (C=O) groups is 1. The fraction of sp³-hybridized carbons (Fsp3) is 0. The van der Waals surface area contributed by atoms with E-state index in [1.54, 1.807) is 22.7 Å². The number of thiophene rings is 4. The zero-order chi connectivity index (χ0) is 15.2. The van der Waals surface area contributed by atoms with Gasteiger partial charge in [0.2, 0.25) is 5.78 Å². The summed E-state index contributed by atoms with van der Waals surface area (Å²) in [4.78, 5) is 16.0. The van der Waals surface area contributed by atoms with Gasteiger partial charge in [0.05, 0.1) is 9.75 Å². The molecule has 0 atom stereocenters. The molecule has 4 rings (SSSR count). The van der Waals surface area contributed by atoms with E-state index in [1.165, 1.54) is 32.4 Å². The monoisotopic (exact) mass is 360 g/mol. The Morgan fingerprint density at radius 3 is 1.32 bits per heavy atom. The molecule has 0 aromatic carbocycles. The van der Waals surface area contributed by atoms with Gasteiger partial charge in [-0.15, -0.1) is 45.3 Å². The largest absolute Gasteiger partial charge is 0.287 e. The lowest BCUT2D eigenvalue weighted by Gasteiger charge is -1.89. The van der Waals surface area contributed by atoms with E-state index in [1.807, 2.05) is 35.0 Å². The lowest BCUT2D eigenvalue weighted by Crippen LogP contribution is -1.93. The van der Waals surface area contributed by atoms with Crippen LogP contribution >= 0.6 is 45.3 Å². The Morgan fingerprint density at radius 2 is 1.00 bits per heavy atom. The van der Waals surface area contributed by atoms with Crippen LogP contribution in [-0.4, -0.2) is 5.78 Å². The van der Waals surface area contributed by atoms with Crippen LogP contribution in [0.2, 0.25) is 0 Å². The summed E-state index contributed by atoms with van der Waals surface area (Å²) >= 11 is 6.55. The van der Waals surface area contributed by atoms with Gasteiger partial charge in [0.25, 0.3) is 0 Å². The van der Waals surface area contributed by atoms with E-state index in [0.717, 1.165) is 9.75 Å². The third-order valence-electron chi connectivity index (χ3n) is 2.78. The molecule has 4 aromatic rings. The van der Waals surface area contributed by atoms with Crippen LogP contribution in [-0.2, 0) is 0 Å². The second-order valence-electron chi connectivity index (χ2n) is 4.24. The average Bonchev–Trinajstić information content (AvgIpc) is 3.39. The van der Waals surface area contributed by atoms with Crippen molar-refractivity contribution in [2.45, 2.75) is 0 Å². The summed E-state index contributed by atoms with van der Waals surface area (Å²) in [5.41, 5.74) is 0. The highest BCUT2D eigenvalue weighted by Crippen LogP contribution is 2.28. The molecule has 0 unspecified atom stereocenters. The van der Waals surface area contributed by atoms with Crippen molar-refractivity contribution < 1.29 is 4.79 Å². The smallest absolute Gasteiger partial charge is 0.212 e. The second-order valence-corrected chi connectivity index (χ2v) is 8.03. The summed E-state index contributed by atoms with van der Waals surface area (Å²) in [6.45, 7) is 0. The van der Waals surface area contributed by atoms with Gasteiger partial charge in [-0.05, 0) is 45.8 Å². The van der Waals surface area contributed by atoms with Crippen molar-refractivity contribution in [2.24, 2.45) is 0 Å². The molecule has 0 aliphatic carbocycles. The molecule has 1 nitrogen and oxygen atoms in total. The molecular weight excluding hydrogens is 348 g/mol. The normalized spacial score (nSPS) is 10.0. The van der Waals surface area contributed by atoms with Gasteiger partial charge in [0, 0.05) is 9.75 Å². The Labute approximate surface area is 145 Å². The minimum Gasteiger partial charge on any atom is -0.287 e. The summed E-state index contributed by atoms with van der Waals surface area (Å²) in [6, 6.07) is 16.0. The molecule has 0 fully saturated rings. The van der Waals surface area contributed by atoms with E-state index in [2.05, 4.69) is 35.0 Å². The first-order chi connectivity index (χ1) is 10.8. The molecule has 4 aromatic heterocycles. The molecule has 0 saturated carbocycles. The van der Waals surface area contributed by atoms with Crippen LogP contribution in [0.25, 0.3) is 9.75 Å². The SMILES string of the molecule is O=C(c1cccs1)c1cccs1.c1csc(-c2cccs2)c1. The van der Waals surface area contributed by atoms with Crippen molar-refractivity contribution in [3.05, 3.63) is 79.8 Å². The summed E-state index contributed by atoms with van der Waals surface area (Å²) < 4.78 is 0. The van der Waals surface area contributed by atoms with Crippen molar-refractivity contribution in [3.8, 4) is 9.75 Å². The zero-order valence-electron chi connectivity index (χ0n) is 11.5. The molecule has 110 valence electrons. The molecule has 0 aliphatic heterocycles. The van der Waals surface area contributed by atoms with Crippen molar-refractivity contribution in [1.29, 1.82) is 0 Å². The van der Waals surface area contributed by atoms with Gasteiger partial charge in [-0.3, -0.25) is 4.79 Å². The maximum absolute atomic E-state index is 11.6. The van der Waals surface area contributed by atoms with Gasteiger partial charge in [0.15, 0.2) is 0 Å². The lowest BCUT2D eigenvalue weighted by atomic mass is 10.3. The Balaban J connectivity index is 0.000000133. The van der Waals surface area contributed by atoms with Crippen molar-refractivity contribution >= 4 is 51.1 Å². The van der Waals surface area contributed by atoms with Crippen LogP contribution < -0.4 is 0 Å². The van der Waals surface area contributed by atoms with E-state index in [-0.39, 0.29) is 5.78 Å². The molecule has 0 radical (unpaired) electrons. The van der Waals surface area contributed by atoms with Crippen molar-refractivity contribution in [2.75, 3.05) is 0 Å². The summed E-state index contributed by atoms with van der Waals surface area (Å²) in [5.74, 6) is 0.139. The minimum atomic E-state index is 0.139. The average molecular weight is 361 g/mol. The van der Waals surface area contributed by atoms with E-state index in [0.29, 0.717) is 0 Å². The Hall–Kier alpha value is -1.53. The zero-order valence-corrected chi connectivity index (χ0v) is 14.7. The number of hydrogen-bond donors (Lipinski definition) is 0. The van der Waals surface area contributed by atoms with Crippen molar-refractivity contribution in [3.63, 3.8) is 0 Å². The summed E-state index contributed by atoms with van der Waals surface area (Å²) in [6.07, 6.45) is 0. The van der Waals surface area contributed by atoms with Gasteiger partial charge < -0.3 is 0 Å². The molecule has 4 heterocycles. The van der Waals surface area contributed by atoms with E-state index < -0.39 is 0 Å². The van der Waals surface area contributed by atoms with Gasteiger partial charge in [-0.1, -0.05) is 24.3 Å². The molecule has 0 amide bonds. The molecule has 0 saturated heterocycles. The first-order valence-corrected chi connectivity index (χ1v) is 10.1. The first kappa shape index (κ1) is 15.4. The third kappa shape index (κ3) is 3.81. The quantitative estimate of drug-likeness (QED) is 0.380. The van der Waals surface area contributed by atoms with Crippen LogP contribution in [0.5, 0.6) is 0 Å². The highest BCUT2D eigenvalue weighted by Gasteiger charge is 2.09. The van der Waals surface area contributed by atoms with Crippen LogP contribution in [0.15, 0.2) is 70.1 Å². The van der Waals surface area contributed by atoms with Gasteiger partial charge >= 0.3 is 0 Å². The Kier molecular flexibility index (Phi) is 5.34. The maximum Gasteiger partial charge on any atom is 0.212 e. The van der Waals surface area contributed by atoms with E-state index in [4.69, 9.17) is 0 Å². The van der Waals surface area contributed by atoms with Crippen LogP contribution in [0.4, 0.5) is 0 Å². The number of ketones is 1. The fourth-order valence-electron chi connectivity index (χ4n) is 1.77. The molecule has 0 aliphatic rings. The number of hydrogen-bond acceptors (Lipinski definition) is 5. The molecule has 0 spiro atoms. The number of carbonyl (C=O) groups excluding carboxylic acids is 1. The van der Waals surface area contributed by atoms with E-state index >= 15 is 0 Å². The summed E-state index contributed by atoms with van der Waals surface area (Å²) in [7, 11) is 0. The maximum atomic E-state index is 11.6. The second kappa shape index (κ2) is 7.65. The van der Waals surface area contributed by atoms with E-state index in [9.17, 15) is 4.79 Å². The van der Waals surface area contributed by atoms with Crippen LogP contribution in [0, 0.1) is 0 Å². The van der Waals surface area contributed by atoms with Crippen molar-refractivity contribution in [1.82, 2.24) is 0 Å². The van der Waals surface area contributed by atoms with Crippen LogP contribution in [0.3, 0.4) is 0 Å². The molecule has 5 heteroatoms. The number of rotatable bonds is 3. The Morgan fingerprint density at radius 1 is 0.591 bits per heavy atom. The summed E-state index contributed by atoms with van der Waals surface area (Å²) in [5, 5.41) is 8.05. The fourth-order valence-corrected chi connectivity index (χ4v) is 4.77. The highest BCUT2D eigenvalue weighted by molar-refractivity contribution is 7.20.